The van der Waals surface area contributed by atoms with Crippen molar-refractivity contribution in [1.29, 1.82) is 0 Å². The predicted molar refractivity (Wildman–Crippen MR) is 81.2 cm³/mol. The molecule has 4 heteroatoms. The number of amides is 1. The average molecular weight is 277 g/mol. The molecule has 1 aromatic carbocycles. The molecule has 0 aliphatic carbocycles. The summed E-state index contributed by atoms with van der Waals surface area (Å²) in [5.74, 6) is 0.963. The van der Waals surface area contributed by atoms with Crippen LogP contribution in [0.15, 0.2) is 18.2 Å². The maximum Gasteiger partial charge on any atom is 0.250 e. The number of carbonyl (C=O) groups is 1. The van der Waals surface area contributed by atoms with Crippen molar-refractivity contribution in [3.05, 3.63) is 23.8 Å². The standard InChI is InChI=1S/C15H23NO2Si/c1-15(2,3)19(4,5)18-12-8-6-11-7-9-14(17)16-13(11)10-12/h6,8,10H,7,9H2,1-5H3,(H,16,17). The van der Waals surface area contributed by atoms with E-state index in [1.165, 1.54) is 5.56 Å². The molecule has 0 atom stereocenters. The van der Waals surface area contributed by atoms with E-state index in [2.05, 4.69) is 45.2 Å². The minimum absolute atomic E-state index is 0.0944. The van der Waals surface area contributed by atoms with E-state index in [0.29, 0.717) is 6.42 Å². The highest BCUT2D eigenvalue weighted by Crippen LogP contribution is 2.38. The molecule has 3 nitrogen and oxygen atoms in total. The van der Waals surface area contributed by atoms with Crippen molar-refractivity contribution < 1.29 is 9.22 Å². The zero-order valence-electron chi connectivity index (χ0n) is 12.5. The number of aryl methyl sites for hydroxylation is 1. The van der Waals surface area contributed by atoms with Crippen molar-refractivity contribution in [3.63, 3.8) is 0 Å². The van der Waals surface area contributed by atoms with Crippen molar-refractivity contribution in [2.45, 2.75) is 51.7 Å². The molecule has 0 bridgehead atoms. The molecule has 1 aliphatic heterocycles. The van der Waals surface area contributed by atoms with Gasteiger partial charge in [0.05, 0.1) is 0 Å². The molecule has 0 aromatic heterocycles. The van der Waals surface area contributed by atoms with Gasteiger partial charge in [-0.2, -0.15) is 0 Å². The van der Waals surface area contributed by atoms with Gasteiger partial charge in [0.15, 0.2) is 0 Å². The molecule has 1 N–H and O–H groups in total. The summed E-state index contributed by atoms with van der Waals surface area (Å²) in [6, 6.07) is 6.06. The SMILES string of the molecule is CC(C)(C)[Si](C)(C)Oc1ccc2c(c1)NC(=O)CC2. The Labute approximate surface area is 116 Å². The second kappa shape index (κ2) is 4.67. The van der Waals surface area contributed by atoms with Gasteiger partial charge in [-0.05, 0) is 36.2 Å². The maximum absolute atomic E-state index is 11.4. The second-order valence-corrected chi connectivity index (χ2v) is 11.5. The Hall–Kier alpha value is -1.29. The first kappa shape index (κ1) is 14.1. The topological polar surface area (TPSA) is 38.3 Å². The summed E-state index contributed by atoms with van der Waals surface area (Å²) in [4.78, 5) is 11.4. The number of rotatable bonds is 2. The van der Waals surface area contributed by atoms with Gasteiger partial charge < -0.3 is 9.74 Å². The molecule has 1 aromatic rings. The van der Waals surface area contributed by atoms with Crippen LogP contribution in [0.3, 0.4) is 0 Å². The van der Waals surface area contributed by atoms with Crippen LogP contribution < -0.4 is 9.74 Å². The van der Waals surface area contributed by atoms with Crippen molar-refractivity contribution in [2.24, 2.45) is 0 Å². The van der Waals surface area contributed by atoms with Gasteiger partial charge in [-0.1, -0.05) is 26.8 Å². The molecule has 0 fully saturated rings. The Morgan fingerprint density at radius 3 is 2.53 bits per heavy atom. The highest BCUT2D eigenvalue weighted by molar-refractivity contribution is 6.74. The van der Waals surface area contributed by atoms with E-state index in [1.807, 2.05) is 12.1 Å². The van der Waals surface area contributed by atoms with Crippen LogP contribution in [0.5, 0.6) is 5.75 Å². The van der Waals surface area contributed by atoms with Crippen LogP contribution in [0.4, 0.5) is 5.69 Å². The molecule has 1 heterocycles. The minimum atomic E-state index is -1.82. The van der Waals surface area contributed by atoms with Crippen LogP contribution in [0.1, 0.15) is 32.8 Å². The molecule has 0 unspecified atom stereocenters. The molecule has 0 spiro atoms. The first-order valence-electron chi connectivity index (χ1n) is 6.81. The Morgan fingerprint density at radius 2 is 1.89 bits per heavy atom. The lowest BCUT2D eigenvalue weighted by molar-refractivity contribution is -0.116. The third kappa shape index (κ3) is 3.00. The normalized spacial score (nSPS) is 15.7. The Bertz CT molecular complexity index is 503. The maximum atomic E-state index is 11.4. The molecule has 1 aliphatic rings. The molecular formula is C15H23NO2Si. The first-order chi connectivity index (χ1) is 8.69. The lowest BCUT2D eigenvalue weighted by atomic mass is 10.0. The summed E-state index contributed by atoms with van der Waals surface area (Å²) in [5.41, 5.74) is 2.11. The van der Waals surface area contributed by atoms with E-state index >= 15 is 0 Å². The quantitative estimate of drug-likeness (QED) is 0.831. The van der Waals surface area contributed by atoms with Gasteiger partial charge in [0.1, 0.15) is 5.75 Å². The summed E-state index contributed by atoms with van der Waals surface area (Å²) in [5, 5.41) is 3.09. The fourth-order valence-electron chi connectivity index (χ4n) is 1.86. The molecule has 19 heavy (non-hydrogen) atoms. The van der Waals surface area contributed by atoms with Crippen LogP contribution in [0.2, 0.25) is 18.1 Å². The average Bonchev–Trinajstić information content (AvgIpc) is 2.26. The highest BCUT2D eigenvalue weighted by atomic mass is 28.4. The first-order valence-corrected chi connectivity index (χ1v) is 9.72. The fourth-order valence-corrected chi connectivity index (χ4v) is 2.88. The zero-order valence-corrected chi connectivity index (χ0v) is 13.5. The summed E-state index contributed by atoms with van der Waals surface area (Å²) < 4.78 is 6.26. The largest absolute Gasteiger partial charge is 0.543 e. The molecule has 0 saturated carbocycles. The lowest BCUT2D eigenvalue weighted by Crippen LogP contribution is -2.43. The Morgan fingerprint density at radius 1 is 1.21 bits per heavy atom. The minimum Gasteiger partial charge on any atom is -0.543 e. The Balaban J connectivity index is 2.23. The van der Waals surface area contributed by atoms with Crippen LogP contribution >= 0.6 is 0 Å². The number of anilines is 1. The molecular weight excluding hydrogens is 254 g/mol. The van der Waals surface area contributed by atoms with Gasteiger partial charge in [-0.25, -0.2) is 0 Å². The predicted octanol–water partition coefficient (Wildman–Crippen LogP) is 3.96. The van der Waals surface area contributed by atoms with E-state index in [0.717, 1.165) is 17.9 Å². The second-order valence-electron chi connectivity index (χ2n) is 6.73. The van der Waals surface area contributed by atoms with Gasteiger partial charge in [0, 0.05) is 18.2 Å². The van der Waals surface area contributed by atoms with E-state index in [9.17, 15) is 4.79 Å². The fraction of sp³-hybridized carbons (Fsp3) is 0.533. The van der Waals surface area contributed by atoms with Gasteiger partial charge in [0.25, 0.3) is 0 Å². The zero-order chi connectivity index (χ0) is 14.3. The molecule has 0 saturated heterocycles. The van der Waals surface area contributed by atoms with Gasteiger partial charge in [-0.15, -0.1) is 0 Å². The number of hydrogen-bond acceptors (Lipinski definition) is 2. The number of hydrogen-bond donors (Lipinski definition) is 1. The van der Waals surface area contributed by atoms with Crippen LogP contribution in [0, 0.1) is 0 Å². The summed E-state index contributed by atoms with van der Waals surface area (Å²) in [7, 11) is -1.82. The van der Waals surface area contributed by atoms with E-state index in [1.54, 1.807) is 0 Å². The van der Waals surface area contributed by atoms with Crippen LogP contribution in [-0.4, -0.2) is 14.2 Å². The number of nitrogens with one attached hydrogen (secondary N) is 1. The van der Waals surface area contributed by atoms with E-state index in [-0.39, 0.29) is 10.9 Å². The summed E-state index contributed by atoms with van der Waals surface area (Å²) >= 11 is 0. The highest BCUT2D eigenvalue weighted by Gasteiger charge is 2.39. The van der Waals surface area contributed by atoms with E-state index < -0.39 is 8.32 Å². The number of fused-ring (bicyclic) bond motifs is 1. The molecule has 104 valence electrons. The van der Waals surface area contributed by atoms with E-state index in [4.69, 9.17) is 4.43 Å². The van der Waals surface area contributed by atoms with Gasteiger partial charge in [0.2, 0.25) is 14.2 Å². The number of benzene rings is 1. The van der Waals surface area contributed by atoms with Gasteiger partial charge in [-0.3, -0.25) is 4.79 Å². The molecule has 2 rings (SSSR count). The van der Waals surface area contributed by atoms with Gasteiger partial charge >= 0.3 is 0 Å². The smallest absolute Gasteiger partial charge is 0.250 e. The van der Waals surface area contributed by atoms with Crippen molar-refractivity contribution >= 4 is 19.9 Å². The third-order valence-electron chi connectivity index (χ3n) is 4.16. The third-order valence-corrected chi connectivity index (χ3v) is 8.51. The lowest BCUT2D eigenvalue weighted by Gasteiger charge is -2.36. The summed E-state index contributed by atoms with van der Waals surface area (Å²) in [6.07, 6.45) is 1.40. The molecule has 1 amide bonds. The summed E-state index contributed by atoms with van der Waals surface area (Å²) in [6.45, 7) is 11.1. The van der Waals surface area contributed by atoms with Crippen molar-refractivity contribution in [1.82, 2.24) is 0 Å². The Kier molecular flexibility index (Phi) is 3.47. The van der Waals surface area contributed by atoms with Crippen molar-refractivity contribution in [3.8, 4) is 5.75 Å². The van der Waals surface area contributed by atoms with Crippen LogP contribution in [-0.2, 0) is 11.2 Å². The number of carbonyl (C=O) groups excluding carboxylic acids is 1. The van der Waals surface area contributed by atoms with Crippen molar-refractivity contribution in [2.75, 3.05) is 5.32 Å². The molecule has 0 radical (unpaired) electrons. The van der Waals surface area contributed by atoms with Crippen LogP contribution in [0.25, 0.3) is 0 Å². The monoisotopic (exact) mass is 277 g/mol.